The summed E-state index contributed by atoms with van der Waals surface area (Å²) in [5.74, 6) is 0.166. The molecule has 0 spiro atoms. The summed E-state index contributed by atoms with van der Waals surface area (Å²) in [7, 11) is 0. The molecule has 4 aliphatic rings. The second-order valence-corrected chi connectivity index (χ2v) is 9.43. The van der Waals surface area contributed by atoms with Crippen LogP contribution in [0.1, 0.15) is 43.2 Å². The first kappa shape index (κ1) is 20.0. The Morgan fingerprint density at radius 3 is 2.27 bits per heavy atom. The topological polar surface area (TPSA) is 55.9 Å². The van der Waals surface area contributed by atoms with Crippen LogP contribution in [0.5, 0.6) is 0 Å². The van der Waals surface area contributed by atoms with Crippen molar-refractivity contribution in [2.24, 2.45) is 0 Å². The highest BCUT2D eigenvalue weighted by Crippen LogP contribution is 2.29. The van der Waals surface area contributed by atoms with Crippen LogP contribution in [-0.2, 0) is 22.4 Å². The predicted molar refractivity (Wildman–Crippen MR) is 116 cm³/mol. The third-order valence-electron chi connectivity index (χ3n) is 7.75. The highest BCUT2D eigenvalue weighted by Gasteiger charge is 2.39. The Morgan fingerprint density at radius 2 is 1.60 bits per heavy atom. The van der Waals surface area contributed by atoms with Gasteiger partial charge in [0.1, 0.15) is 0 Å². The van der Waals surface area contributed by atoms with Crippen molar-refractivity contribution in [2.45, 2.75) is 63.1 Å². The Labute approximate surface area is 179 Å². The van der Waals surface area contributed by atoms with E-state index in [1.807, 2.05) is 4.90 Å². The summed E-state index contributed by atoms with van der Waals surface area (Å²) in [5, 5.41) is 3.00. The molecule has 2 heterocycles. The predicted octanol–water partition coefficient (Wildman–Crippen LogP) is 1.43. The SMILES string of the molecule is O=C1NCCN(C2Cc3ccccc3C2)C1CC(=O)N1CCN(C2CCCC2)CC1. The summed E-state index contributed by atoms with van der Waals surface area (Å²) >= 11 is 0. The standard InChI is InChI=1S/C24H34N4O2/c29-23(27-13-11-26(12-14-27)20-7-3-4-8-20)17-22-24(30)25-9-10-28(22)21-15-18-5-1-2-6-19(18)16-21/h1-2,5-6,20-22H,3-4,7-17H2,(H,25,30). The maximum absolute atomic E-state index is 13.1. The number of carbonyl (C=O) groups excluding carboxylic acids is 2. The number of piperazine rings is 2. The number of fused-ring (bicyclic) bond motifs is 1. The van der Waals surface area contributed by atoms with E-state index in [0.717, 1.165) is 51.6 Å². The first-order valence-electron chi connectivity index (χ1n) is 11.8. The summed E-state index contributed by atoms with van der Waals surface area (Å²) in [6.45, 7) is 5.08. The van der Waals surface area contributed by atoms with Crippen molar-refractivity contribution in [3.8, 4) is 0 Å². The van der Waals surface area contributed by atoms with Gasteiger partial charge in [0.15, 0.2) is 0 Å². The van der Waals surface area contributed by atoms with Crippen molar-refractivity contribution >= 4 is 11.8 Å². The second-order valence-electron chi connectivity index (χ2n) is 9.43. The van der Waals surface area contributed by atoms with E-state index in [4.69, 9.17) is 0 Å². The molecule has 0 radical (unpaired) electrons. The lowest BCUT2D eigenvalue weighted by atomic mass is 10.0. The minimum atomic E-state index is -0.335. The van der Waals surface area contributed by atoms with Crippen LogP contribution in [-0.4, -0.2) is 83.9 Å². The summed E-state index contributed by atoms with van der Waals surface area (Å²) in [4.78, 5) is 32.7. The molecule has 1 saturated carbocycles. The zero-order valence-corrected chi connectivity index (χ0v) is 17.9. The number of benzene rings is 1. The zero-order valence-electron chi connectivity index (χ0n) is 17.9. The minimum Gasteiger partial charge on any atom is -0.353 e. The highest BCUT2D eigenvalue weighted by atomic mass is 16.2. The molecule has 2 amide bonds. The minimum absolute atomic E-state index is 0.0233. The molecule has 0 bridgehead atoms. The largest absolute Gasteiger partial charge is 0.353 e. The average Bonchev–Trinajstić information content (AvgIpc) is 3.45. The smallest absolute Gasteiger partial charge is 0.237 e. The van der Waals surface area contributed by atoms with E-state index in [1.165, 1.54) is 36.8 Å². The monoisotopic (exact) mass is 410 g/mol. The van der Waals surface area contributed by atoms with E-state index in [0.29, 0.717) is 19.0 Å². The summed E-state index contributed by atoms with van der Waals surface area (Å²) in [6.07, 6.45) is 7.59. The van der Waals surface area contributed by atoms with Crippen LogP contribution < -0.4 is 5.32 Å². The van der Waals surface area contributed by atoms with Gasteiger partial charge in [-0.05, 0) is 36.8 Å². The van der Waals surface area contributed by atoms with Crippen LogP contribution in [0.4, 0.5) is 0 Å². The molecule has 2 aliphatic heterocycles. The molecule has 2 saturated heterocycles. The van der Waals surface area contributed by atoms with Gasteiger partial charge in [-0.1, -0.05) is 37.1 Å². The zero-order chi connectivity index (χ0) is 20.5. The van der Waals surface area contributed by atoms with Gasteiger partial charge in [0.25, 0.3) is 0 Å². The molecule has 1 unspecified atom stereocenters. The maximum Gasteiger partial charge on any atom is 0.237 e. The number of hydrogen-bond acceptors (Lipinski definition) is 4. The Hall–Kier alpha value is -1.92. The fraction of sp³-hybridized carbons (Fsp3) is 0.667. The van der Waals surface area contributed by atoms with Crippen LogP contribution in [0, 0.1) is 0 Å². The lowest BCUT2D eigenvalue weighted by Gasteiger charge is -2.41. The van der Waals surface area contributed by atoms with Crippen LogP contribution >= 0.6 is 0 Å². The number of carbonyl (C=O) groups is 2. The third-order valence-corrected chi connectivity index (χ3v) is 7.75. The summed E-state index contributed by atoms with van der Waals surface area (Å²) in [6, 6.07) is 9.30. The first-order chi connectivity index (χ1) is 14.7. The third kappa shape index (κ3) is 4.00. The van der Waals surface area contributed by atoms with Crippen LogP contribution in [0.25, 0.3) is 0 Å². The van der Waals surface area contributed by atoms with Gasteiger partial charge in [-0.25, -0.2) is 0 Å². The van der Waals surface area contributed by atoms with Crippen LogP contribution in [0.2, 0.25) is 0 Å². The van der Waals surface area contributed by atoms with Crippen molar-refractivity contribution in [1.29, 1.82) is 0 Å². The molecule has 2 aliphatic carbocycles. The van der Waals surface area contributed by atoms with E-state index in [1.54, 1.807) is 0 Å². The molecule has 5 rings (SSSR count). The molecule has 1 aromatic rings. The molecule has 1 atom stereocenters. The van der Waals surface area contributed by atoms with E-state index in [2.05, 4.69) is 39.4 Å². The fourth-order valence-corrected chi connectivity index (χ4v) is 6.05. The van der Waals surface area contributed by atoms with Crippen LogP contribution in [0.3, 0.4) is 0 Å². The van der Waals surface area contributed by atoms with Gasteiger partial charge in [-0.3, -0.25) is 19.4 Å². The van der Waals surface area contributed by atoms with E-state index < -0.39 is 0 Å². The van der Waals surface area contributed by atoms with Gasteiger partial charge in [0.05, 0.1) is 12.5 Å². The molecule has 162 valence electrons. The Balaban J connectivity index is 1.20. The van der Waals surface area contributed by atoms with Gasteiger partial charge < -0.3 is 10.2 Å². The molecular weight excluding hydrogens is 376 g/mol. The number of amides is 2. The molecule has 1 N–H and O–H groups in total. The van der Waals surface area contributed by atoms with Crippen molar-refractivity contribution in [3.63, 3.8) is 0 Å². The maximum atomic E-state index is 13.1. The normalized spacial score (nSPS) is 26.7. The van der Waals surface area contributed by atoms with Gasteiger partial charge in [-0.2, -0.15) is 0 Å². The molecule has 6 heteroatoms. The molecule has 3 fully saturated rings. The van der Waals surface area contributed by atoms with Gasteiger partial charge in [-0.15, -0.1) is 0 Å². The highest BCUT2D eigenvalue weighted by molar-refractivity contribution is 5.89. The van der Waals surface area contributed by atoms with E-state index >= 15 is 0 Å². The van der Waals surface area contributed by atoms with Gasteiger partial charge in [0, 0.05) is 51.4 Å². The van der Waals surface area contributed by atoms with Crippen molar-refractivity contribution in [1.82, 2.24) is 20.0 Å². The van der Waals surface area contributed by atoms with Gasteiger partial charge >= 0.3 is 0 Å². The van der Waals surface area contributed by atoms with E-state index in [-0.39, 0.29) is 17.9 Å². The Bertz CT molecular complexity index is 758. The second kappa shape index (κ2) is 8.67. The first-order valence-corrected chi connectivity index (χ1v) is 11.8. The average molecular weight is 411 g/mol. The number of nitrogens with zero attached hydrogens (tertiary/aromatic N) is 3. The molecule has 30 heavy (non-hydrogen) atoms. The lowest BCUT2D eigenvalue weighted by Crippen LogP contribution is -2.60. The quantitative estimate of drug-likeness (QED) is 0.816. The number of hydrogen-bond donors (Lipinski definition) is 1. The fourth-order valence-electron chi connectivity index (χ4n) is 6.05. The van der Waals surface area contributed by atoms with Crippen molar-refractivity contribution < 1.29 is 9.59 Å². The molecule has 6 nitrogen and oxygen atoms in total. The Kier molecular flexibility index (Phi) is 5.79. The van der Waals surface area contributed by atoms with Crippen molar-refractivity contribution in [2.75, 3.05) is 39.3 Å². The summed E-state index contributed by atoms with van der Waals surface area (Å²) in [5.41, 5.74) is 2.78. The number of nitrogens with one attached hydrogen (secondary N) is 1. The van der Waals surface area contributed by atoms with Crippen molar-refractivity contribution in [3.05, 3.63) is 35.4 Å². The van der Waals surface area contributed by atoms with E-state index in [9.17, 15) is 9.59 Å². The molecule has 0 aromatic heterocycles. The Morgan fingerprint density at radius 1 is 0.933 bits per heavy atom. The van der Waals surface area contributed by atoms with Gasteiger partial charge in [0.2, 0.25) is 11.8 Å². The molecule has 1 aromatic carbocycles. The number of rotatable bonds is 4. The summed E-state index contributed by atoms with van der Waals surface area (Å²) < 4.78 is 0. The van der Waals surface area contributed by atoms with Crippen LogP contribution in [0.15, 0.2) is 24.3 Å². The lowest BCUT2D eigenvalue weighted by molar-refractivity contribution is -0.141. The molecular formula is C24H34N4O2.